The number of ether oxygens (including phenoxy) is 1. The van der Waals surface area contributed by atoms with E-state index in [1.165, 1.54) is 34.8 Å². The number of piperidine rings is 3. The summed E-state index contributed by atoms with van der Waals surface area (Å²) in [5.41, 5.74) is 5.40. The standard InChI is InChI=1S/C20H22N2O2/c1-3-11-10-22-16-9-14-12-6-4-5-7-15(12)21-19(14)17(22)8-13(11)18(16)20(23)24-2/h3-7,13,16-18,21H,8-10H2,1-2H3/b11-3-/t13-,16+,17+,18?/m1/s1. The van der Waals surface area contributed by atoms with E-state index in [1.54, 1.807) is 0 Å². The number of allylic oxidation sites excluding steroid dienone is 1. The van der Waals surface area contributed by atoms with Gasteiger partial charge in [0.05, 0.1) is 19.1 Å². The molecule has 2 unspecified atom stereocenters. The van der Waals surface area contributed by atoms with Crippen molar-refractivity contribution in [3.63, 3.8) is 0 Å². The Kier molecular flexibility index (Phi) is 2.95. The second kappa shape index (κ2) is 4.96. The minimum Gasteiger partial charge on any atom is -0.469 e. The Labute approximate surface area is 141 Å². The van der Waals surface area contributed by atoms with Crippen LogP contribution in [0, 0.1) is 11.8 Å². The third-order valence-electron chi connectivity index (χ3n) is 6.43. The Hall–Kier alpha value is -2.07. The molecular weight excluding hydrogens is 300 g/mol. The summed E-state index contributed by atoms with van der Waals surface area (Å²) in [6.07, 6.45) is 4.15. The molecule has 0 aliphatic carbocycles. The maximum absolute atomic E-state index is 12.5. The molecule has 4 aliphatic rings. The van der Waals surface area contributed by atoms with Crippen molar-refractivity contribution in [3.8, 4) is 0 Å². The Morgan fingerprint density at radius 3 is 3.00 bits per heavy atom. The molecule has 1 aromatic carbocycles. The number of para-hydroxylation sites is 1. The van der Waals surface area contributed by atoms with Gasteiger partial charge in [0.2, 0.25) is 0 Å². The molecule has 24 heavy (non-hydrogen) atoms. The van der Waals surface area contributed by atoms with Gasteiger partial charge in [-0.25, -0.2) is 0 Å². The largest absolute Gasteiger partial charge is 0.469 e. The summed E-state index contributed by atoms with van der Waals surface area (Å²) < 4.78 is 5.18. The first kappa shape index (κ1) is 14.3. The summed E-state index contributed by atoms with van der Waals surface area (Å²) in [7, 11) is 1.52. The molecule has 4 nitrogen and oxygen atoms in total. The fourth-order valence-electron chi connectivity index (χ4n) is 5.39. The topological polar surface area (TPSA) is 45.3 Å². The van der Waals surface area contributed by atoms with Gasteiger partial charge in [-0.3, -0.25) is 9.69 Å². The number of hydrogen-bond acceptors (Lipinski definition) is 3. The smallest absolute Gasteiger partial charge is 0.310 e. The summed E-state index contributed by atoms with van der Waals surface area (Å²) in [6.45, 7) is 3.08. The second-order valence-corrected chi connectivity index (χ2v) is 7.28. The number of esters is 1. The monoisotopic (exact) mass is 322 g/mol. The quantitative estimate of drug-likeness (QED) is 0.648. The van der Waals surface area contributed by atoms with Crippen LogP contribution in [-0.2, 0) is 16.0 Å². The minimum absolute atomic E-state index is 0.0342. The van der Waals surface area contributed by atoms with E-state index in [1.807, 2.05) is 0 Å². The lowest BCUT2D eigenvalue weighted by atomic mass is 9.64. The molecule has 0 spiro atoms. The van der Waals surface area contributed by atoms with Crippen LogP contribution in [0.1, 0.15) is 30.6 Å². The van der Waals surface area contributed by atoms with Gasteiger partial charge in [-0.05, 0) is 37.3 Å². The molecule has 0 radical (unpaired) electrons. The molecule has 4 aliphatic heterocycles. The highest BCUT2D eigenvalue weighted by Crippen LogP contribution is 2.54. The predicted octanol–water partition coefficient (Wildman–Crippen LogP) is 3.20. The number of H-pyrrole nitrogens is 1. The first-order chi connectivity index (χ1) is 11.7. The second-order valence-electron chi connectivity index (χ2n) is 7.28. The van der Waals surface area contributed by atoms with Gasteiger partial charge in [0, 0.05) is 29.2 Å². The van der Waals surface area contributed by atoms with Gasteiger partial charge < -0.3 is 9.72 Å². The van der Waals surface area contributed by atoms with Crippen molar-refractivity contribution >= 4 is 16.9 Å². The molecule has 3 saturated heterocycles. The fraction of sp³-hybridized carbons (Fsp3) is 0.450. The SMILES string of the molecule is C/C=C1/CN2[C@H]3C[C@H]1C(C(=O)OC)[C@@H]2Cc1c3[nH]c2ccccc12. The number of methoxy groups -OCH3 is 1. The van der Waals surface area contributed by atoms with Crippen LogP contribution in [0.4, 0.5) is 0 Å². The van der Waals surface area contributed by atoms with E-state index in [4.69, 9.17) is 4.74 Å². The zero-order valence-corrected chi connectivity index (χ0v) is 14.1. The summed E-state index contributed by atoms with van der Waals surface area (Å²) in [5, 5.41) is 1.32. The highest BCUT2D eigenvalue weighted by Gasteiger charge is 2.55. The van der Waals surface area contributed by atoms with Crippen molar-refractivity contribution in [2.24, 2.45) is 11.8 Å². The third-order valence-corrected chi connectivity index (χ3v) is 6.43. The third kappa shape index (κ3) is 1.69. The highest BCUT2D eigenvalue weighted by atomic mass is 16.5. The molecule has 0 amide bonds. The van der Waals surface area contributed by atoms with Gasteiger partial charge >= 0.3 is 5.97 Å². The van der Waals surface area contributed by atoms with Crippen LogP contribution in [0.3, 0.4) is 0 Å². The van der Waals surface area contributed by atoms with E-state index < -0.39 is 0 Å². The number of hydrogen-bond donors (Lipinski definition) is 1. The number of nitrogens with zero attached hydrogens (tertiary/aromatic N) is 1. The van der Waals surface area contributed by atoms with Crippen molar-refractivity contribution in [2.75, 3.05) is 13.7 Å². The molecule has 6 rings (SSSR count). The van der Waals surface area contributed by atoms with Crippen LogP contribution in [0.15, 0.2) is 35.9 Å². The molecule has 2 aromatic rings. The van der Waals surface area contributed by atoms with Crippen LogP contribution in [0.5, 0.6) is 0 Å². The summed E-state index contributed by atoms with van der Waals surface area (Å²) in [5.74, 6) is 0.241. The summed E-state index contributed by atoms with van der Waals surface area (Å²) in [4.78, 5) is 18.8. The number of rotatable bonds is 1. The van der Waals surface area contributed by atoms with Crippen molar-refractivity contribution in [2.45, 2.75) is 31.8 Å². The minimum atomic E-state index is -0.0456. The molecular formula is C20H22N2O2. The van der Waals surface area contributed by atoms with Crippen molar-refractivity contribution < 1.29 is 9.53 Å². The number of nitrogens with one attached hydrogen (secondary N) is 1. The van der Waals surface area contributed by atoms with E-state index in [0.29, 0.717) is 12.0 Å². The van der Waals surface area contributed by atoms with Gasteiger partial charge in [-0.1, -0.05) is 29.8 Å². The number of aromatic amines is 1. The lowest BCUT2D eigenvalue weighted by Crippen LogP contribution is -2.62. The molecule has 124 valence electrons. The lowest BCUT2D eigenvalue weighted by Gasteiger charge is -2.57. The predicted molar refractivity (Wildman–Crippen MR) is 92.6 cm³/mol. The van der Waals surface area contributed by atoms with Gasteiger partial charge in [-0.2, -0.15) is 0 Å². The maximum Gasteiger partial charge on any atom is 0.310 e. The molecule has 5 heterocycles. The number of carbonyl (C=O) groups excluding carboxylic acids is 1. The fourth-order valence-corrected chi connectivity index (χ4v) is 5.39. The Morgan fingerprint density at radius 1 is 1.38 bits per heavy atom. The first-order valence-electron chi connectivity index (χ1n) is 8.81. The van der Waals surface area contributed by atoms with Crippen molar-refractivity contribution in [1.82, 2.24) is 9.88 Å². The van der Waals surface area contributed by atoms with Crippen LogP contribution >= 0.6 is 0 Å². The molecule has 4 heteroatoms. The Balaban J connectivity index is 1.67. The first-order valence-corrected chi connectivity index (χ1v) is 8.81. The molecule has 1 N–H and O–H groups in total. The Bertz CT molecular complexity index is 866. The summed E-state index contributed by atoms with van der Waals surface area (Å²) >= 11 is 0. The van der Waals surface area contributed by atoms with E-state index in [9.17, 15) is 4.79 Å². The average Bonchev–Trinajstić information content (AvgIpc) is 2.99. The van der Waals surface area contributed by atoms with Gasteiger partial charge in [-0.15, -0.1) is 0 Å². The number of benzene rings is 1. The van der Waals surface area contributed by atoms with E-state index >= 15 is 0 Å². The zero-order chi connectivity index (χ0) is 16.4. The molecule has 1 aromatic heterocycles. The van der Waals surface area contributed by atoms with Crippen molar-refractivity contribution in [1.29, 1.82) is 0 Å². The normalized spacial score (nSPS) is 35.2. The van der Waals surface area contributed by atoms with Gasteiger partial charge in [0.1, 0.15) is 0 Å². The highest BCUT2D eigenvalue weighted by molar-refractivity contribution is 5.86. The molecule has 4 bridgehead atoms. The average molecular weight is 322 g/mol. The van der Waals surface area contributed by atoms with E-state index in [0.717, 1.165) is 19.4 Å². The van der Waals surface area contributed by atoms with Crippen molar-refractivity contribution in [3.05, 3.63) is 47.2 Å². The molecule has 3 fully saturated rings. The van der Waals surface area contributed by atoms with Gasteiger partial charge in [0.15, 0.2) is 0 Å². The number of carbonyl (C=O) groups is 1. The Morgan fingerprint density at radius 2 is 2.21 bits per heavy atom. The van der Waals surface area contributed by atoms with Crippen LogP contribution in [-0.4, -0.2) is 35.5 Å². The van der Waals surface area contributed by atoms with Gasteiger partial charge in [0.25, 0.3) is 0 Å². The van der Waals surface area contributed by atoms with Crippen LogP contribution < -0.4 is 0 Å². The van der Waals surface area contributed by atoms with E-state index in [-0.39, 0.29) is 17.9 Å². The number of aromatic nitrogens is 1. The zero-order valence-electron chi connectivity index (χ0n) is 14.1. The van der Waals surface area contributed by atoms with E-state index in [2.05, 4.69) is 47.1 Å². The lowest BCUT2D eigenvalue weighted by molar-refractivity contribution is -0.157. The van der Waals surface area contributed by atoms with Crippen LogP contribution in [0.2, 0.25) is 0 Å². The summed E-state index contributed by atoms with van der Waals surface area (Å²) in [6, 6.07) is 9.20. The maximum atomic E-state index is 12.5. The molecule has 0 saturated carbocycles. The molecule has 5 atom stereocenters. The van der Waals surface area contributed by atoms with Crippen LogP contribution in [0.25, 0.3) is 10.9 Å². The number of fused-ring (bicyclic) bond motifs is 4.